The molecule has 1 nitrogen and oxygen atoms in total. The van der Waals surface area contributed by atoms with Crippen LogP contribution in [0, 0.1) is 0 Å². The van der Waals surface area contributed by atoms with Crippen LogP contribution in [-0.2, 0) is 4.74 Å². The molecule has 0 aliphatic rings. The van der Waals surface area contributed by atoms with Gasteiger partial charge < -0.3 is 4.74 Å². The van der Waals surface area contributed by atoms with Crippen LogP contribution in [0.5, 0.6) is 0 Å². The summed E-state index contributed by atoms with van der Waals surface area (Å²) in [6, 6.07) is 0. The minimum absolute atomic E-state index is 0.247. The molecular weight excluding hydrogens is 268 g/mol. The van der Waals surface area contributed by atoms with E-state index in [9.17, 15) is 0 Å². The van der Waals surface area contributed by atoms with Crippen LogP contribution in [0.1, 0.15) is 90.9 Å². The third-order valence-corrected chi connectivity index (χ3v) is 3.87. The van der Waals surface area contributed by atoms with E-state index >= 15 is 0 Å². The predicted octanol–water partition coefficient (Wildman–Crippen LogP) is 7.35. The first-order valence-corrected chi connectivity index (χ1v) is 9.41. The Kier molecular flexibility index (Phi) is 17.3. The van der Waals surface area contributed by atoms with Crippen molar-refractivity contribution in [1.82, 2.24) is 0 Å². The first kappa shape index (κ1) is 21.0. The fourth-order valence-electron chi connectivity index (χ4n) is 2.45. The highest BCUT2D eigenvalue weighted by Gasteiger charge is 2.02. The van der Waals surface area contributed by atoms with Crippen LogP contribution in [0.4, 0.5) is 0 Å². The molecule has 0 saturated heterocycles. The van der Waals surface area contributed by atoms with E-state index in [1.807, 2.05) is 0 Å². The maximum Gasteiger partial charge on any atom is 0.105 e. The molecule has 0 rings (SSSR count). The van der Waals surface area contributed by atoms with E-state index in [-0.39, 0.29) is 6.10 Å². The average molecular weight is 307 g/mol. The van der Waals surface area contributed by atoms with E-state index in [0.29, 0.717) is 0 Å². The zero-order valence-corrected chi connectivity index (χ0v) is 15.1. The summed E-state index contributed by atoms with van der Waals surface area (Å²) >= 11 is 0. The Morgan fingerprint density at radius 2 is 1.23 bits per heavy atom. The van der Waals surface area contributed by atoms with Gasteiger partial charge in [-0.1, -0.05) is 83.3 Å². The van der Waals surface area contributed by atoms with Crippen LogP contribution in [0.2, 0.25) is 0 Å². The Labute approximate surface area is 139 Å². The Morgan fingerprint density at radius 3 is 1.64 bits per heavy atom. The molecule has 0 unspecified atom stereocenters. The fourth-order valence-corrected chi connectivity index (χ4v) is 2.45. The van der Waals surface area contributed by atoms with E-state index in [1.54, 1.807) is 6.26 Å². The van der Waals surface area contributed by atoms with Crippen molar-refractivity contribution >= 4 is 0 Å². The van der Waals surface area contributed by atoms with Gasteiger partial charge in [-0.2, -0.15) is 0 Å². The van der Waals surface area contributed by atoms with E-state index in [4.69, 9.17) is 4.74 Å². The van der Waals surface area contributed by atoms with Gasteiger partial charge >= 0.3 is 0 Å². The summed E-state index contributed by atoms with van der Waals surface area (Å²) in [7, 11) is 0. The molecule has 0 aliphatic carbocycles. The minimum Gasteiger partial charge on any atom is -0.498 e. The molecule has 0 spiro atoms. The Balaban J connectivity index is 3.73. The van der Waals surface area contributed by atoms with Gasteiger partial charge in [0.05, 0.1) is 6.26 Å². The van der Waals surface area contributed by atoms with Crippen LogP contribution in [-0.4, -0.2) is 6.10 Å². The van der Waals surface area contributed by atoms with Crippen molar-refractivity contribution in [1.29, 1.82) is 0 Å². The van der Waals surface area contributed by atoms with Gasteiger partial charge in [0.15, 0.2) is 0 Å². The lowest BCUT2D eigenvalue weighted by atomic mass is 10.1. The van der Waals surface area contributed by atoms with Gasteiger partial charge in [-0.05, 0) is 25.7 Å². The maximum absolute atomic E-state index is 5.59. The van der Waals surface area contributed by atoms with Gasteiger partial charge in [-0.3, -0.25) is 0 Å². The first-order valence-electron chi connectivity index (χ1n) is 9.41. The molecule has 0 aromatic carbocycles. The number of ether oxygens (including phenoxy) is 1. The van der Waals surface area contributed by atoms with Crippen molar-refractivity contribution in [2.45, 2.75) is 97.0 Å². The molecule has 0 saturated carbocycles. The van der Waals surface area contributed by atoms with E-state index in [2.05, 4.69) is 44.7 Å². The third-order valence-electron chi connectivity index (χ3n) is 3.87. The monoisotopic (exact) mass is 306 g/mol. The van der Waals surface area contributed by atoms with Crippen LogP contribution in [0.25, 0.3) is 0 Å². The summed E-state index contributed by atoms with van der Waals surface area (Å²) in [5.41, 5.74) is 0. The largest absolute Gasteiger partial charge is 0.498 e. The molecule has 0 atom stereocenters. The number of hydrogen-bond acceptors (Lipinski definition) is 1. The van der Waals surface area contributed by atoms with Crippen molar-refractivity contribution in [3.05, 3.63) is 37.1 Å². The quantitative estimate of drug-likeness (QED) is 0.164. The summed E-state index contributed by atoms with van der Waals surface area (Å²) in [6.07, 6.45) is 26.0. The summed E-state index contributed by atoms with van der Waals surface area (Å²) < 4.78 is 5.59. The molecule has 0 radical (unpaired) electrons. The summed E-state index contributed by atoms with van der Waals surface area (Å²) in [4.78, 5) is 0. The standard InChI is InChI=1S/C21H38O/c1-4-7-9-11-13-15-17-19-21(22-6-3)20-18-16-14-12-10-8-5-2/h6,15-18,21H,3-5,7-14,19-20H2,1-2H3/b17-15+,18-16+. The predicted molar refractivity (Wildman–Crippen MR) is 100 cm³/mol. The topological polar surface area (TPSA) is 9.23 Å². The molecular formula is C21H38O. The van der Waals surface area contributed by atoms with Crippen molar-refractivity contribution in [2.75, 3.05) is 0 Å². The Hall–Kier alpha value is -0.980. The summed E-state index contributed by atoms with van der Waals surface area (Å²) in [5.74, 6) is 0. The highest BCUT2D eigenvalue weighted by Crippen LogP contribution is 2.10. The second-order valence-corrected chi connectivity index (χ2v) is 6.04. The Bertz CT molecular complexity index is 254. The van der Waals surface area contributed by atoms with Gasteiger partial charge in [0.2, 0.25) is 0 Å². The van der Waals surface area contributed by atoms with Crippen LogP contribution < -0.4 is 0 Å². The number of rotatable bonds is 16. The third kappa shape index (κ3) is 15.4. The fraction of sp³-hybridized carbons (Fsp3) is 0.714. The molecule has 1 heteroatoms. The minimum atomic E-state index is 0.247. The van der Waals surface area contributed by atoms with Gasteiger partial charge in [-0.25, -0.2) is 0 Å². The molecule has 22 heavy (non-hydrogen) atoms. The van der Waals surface area contributed by atoms with Gasteiger partial charge in [-0.15, -0.1) is 0 Å². The normalized spacial score (nSPS) is 11.8. The molecule has 0 amide bonds. The smallest absolute Gasteiger partial charge is 0.105 e. The molecule has 0 bridgehead atoms. The SMILES string of the molecule is C=COC(C/C=C/CCCCCC)C/C=C/CCCCCC. The molecule has 0 N–H and O–H groups in total. The molecule has 0 fully saturated rings. The highest BCUT2D eigenvalue weighted by atomic mass is 16.5. The molecule has 0 aliphatic heterocycles. The lowest BCUT2D eigenvalue weighted by molar-refractivity contribution is 0.150. The van der Waals surface area contributed by atoms with Gasteiger partial charge in [0.1, 0.15) is 6.10 Å². The lowest BCUT2D eigenvalue weighted by Crippen LogP contribution is -2.06. The zero-order valence-electron chi connectivity index (χ0n) is 15.1. The van der Waals surface area contributed by atoms with Crippen LogP contribution >= 0.6 is 0 Å². The van der Waals surface area contributed by atoms with E-state index < -0.39 is 0 Å². The van der Waals surface area contributed by atoms with Crippen molar-refractivity contribution in [2.24, 2.45) is 0 Å². The van der Waals surface area contributed by atoms with Crippen LogP contribution in [0.15, 0.2) is 37.1 Å². The summed E-state index contributed by atoms with van der Waals surface area (Å²) in [5, 5.41) is 0. The van der Waals surface area contributed by atoms with Crippen LogP contribution in [0.3, 0.4) is 0 Å². The van der Waals surface area contributed by atoms with Gasteiger partial charge in [0.25, 0.3) is 0 Å². The average Bonchev–Trinajstić information content (AvgIpc) is 2.53. The molecule has 128 valence electrons. The second kappa shape index (κ2) is 18.1. The second-order valence-electron chi connectivity index (χ2n) is 6.04. The van der Waals surface area contributed by atoms with E-state index in [1.165, 1.54) is 64.2 Å². The Morgan fingerprint density at radius 1 is 0.727 bits per heavy atom. The highest BCUT2D eigenvalue weighted by molar-refractivity contribution is 4.90. The number of hydrogen-bond donors (Lipinski definition) is 0. The first-order chi connectivity index (χ1) is 10.8. The zero-order chi connectivity index (χ0) is 16.3. The summed E-state index contributed by atoms with van der Waals surface area (Å²) in [6.45, 7) is 8.20. The number of allylic oxidation sites excluding steroid dienone is 2. The maximum atomic E-state index is 5.59. The van der Waals surface area contributed by atoms with Crippen molar-refractivity contribution in [3.8, 4) is 0 Å². The molecule has 0 aromatic rings. The van der Waals surface area contributed by atoms with E-state index in [0.717, 1.165) is 12.8 Å². The molecule has 0 heterocycles. The number of unbranched alkanes of at least 4 members (excludes halogenated alkanes) is 8. The van der Waals surface area contributed by atoms with Crippen molar-refractivity contribution < 1.29 is 4.74 Å². The van der Waals surface area contributed by atoms with Crippen molar-refractivity contribution in [3.63, 3.8) is 0 Å². The molecule has 0 aromatic heterocycles. The lowest BCUT2D eigenvalue weighted by Gasteiger charge is -2.12. The van der Waals surface area contributed by atoms with Gasteiger partial charge in [0, 0.05) is 12.8 Å².